The average Bonchev–Trinajstić information content (AvgIpc) is 1.87. The van der Waals surface area contributed by atoms with Crippen LogP contribution in [0.1, 0.15) is 20.3 Å². The van der Waals surface area contributed by atoms with E-state index in [1.807, 2.05) is 13.8 Å². The SMILES string of the molecule is CC(C)CCOP(=O)(O)OO. The minimum absolute atomic E-state index is 0.103. The van der Waals surface area contributed by atoms with Crippen molar-refractivity contribution in [3.05, 3.63) is 0 Å². The molecule has 0 rings (SSSR count). The molecule has 0 spiro atoms. The highest BCUT2D eigenvalue weighted by atomic mass is 31.2. The normalized spacial score (nSPS) is 16.8. The van der Waals surface area contributed by atoms with Crippen LogP contribution in [0.3, 0.4) is 0 Å². The Balaban J connectivity index is 3.46. The van der Waals surface area contributed by atoms with Crippen LogP contribution in [0.5, 0.6) is 0 Å². The molecule has 0 saturated heterocycles. The molecular formula is C5H13O5P. The van der Waals surface area contributed by atoms with E-state index in [-0.39, 0.29) is 6.61 Å². The third kappa shape index (κ3) is 6.47. The quantitative estimate of drug-likeness (QED) is 0.386. The molecule has 0 fully saturated rings. The van der Waals surface area contributed by atoms with Gasteiger partial charge in [-0.15, -0.1) is 4.67 Å². The van der Waals surface area contributed by atoms with Crippen LogP contribution in [0.4, 0.5) is 0 Å². The third-order valence-corrected chi connectivity index (χ3v) is 1.77. The largest absolute Gasteiger partial charge is 0.499 e. The molecule has 11 heavy (non-hydrogen) atoms. The smallest absolute Gasteiger partial charge is 0.301 e. The number of rotatable bonds is 5. The highest BCUT2D eigenvalue weighted by molar-refractivity contribution is 7.47. The van der Waals surface area contributed by atoms with Crippen LogP contribution in [0.15, 0.2) is 0 Å². The zero-order chi connectivity index (χ0) is 8.91. The summed E-state index contributed by atoms with van der Waals surface area (Å²) in [7, 11) is -4.17. The van der Waals surface area contributed by atoms with Gasteiger partial charge in [-0.2, -0.15) is 0 Å². The Bertz CT molecular complexity index is 146. The summed E-state index contributed by atoms with van der Waals surface area (Å²) in [5.74, 6) is 0.383. The van der Waals surface area contributed by atoms with Gasteiger partial charge in [-0.1, -0.05) is 13.8 Å². The van der Waals surface area contributed by atoms with Crippen LogP contribution in [0.2, 0.25) is 0 Å². The van der Waals surface area contributed by atoms with Gasteiger partial charge in [0.2, 0.25) is 0 Å². The maximum atomic E-state index is 10.4. The molecule has 0 amide bonds. The molecule has 0 saturated carbocycles. The third-order valence-electron chi connectivity index (χ3n) is 1.05. The van der Waals surface area contributed by atoms with Crippen LogP contribution in [-0.4, -0.2) is 16.8 Å². The second-order valence-corrected chi connectivity index (χ2v) is 3.92. The van der Waals surface area contributed by atoms with E-state index in [0.29, 0.717) is 12.3 Å². The first kappa shape index (κ1) is 11.1. The number of phosphoric ester groups is 1. The Labute approximate surface area is 65.5 Å². The highest BCUT2D eigenvalue weighted by Gasteiger charge is 2.19. The Hall–Kier alpha value is 0.0700. The average molecular weight is 184 g/mol. The summed E-state index contributed by atoms with van der Waals surface area (Å²) < 4.78 is 18.0. The summed E-state index contributed by atoms with van der Waals surface area (Å²) in [6, 6.07) is 0. The van der Waals surface area contributed by atoms with E-state index < -0.39 is 7.82 Å². The predicted octanol–water partition coefficient (Wildman–Crippen LogP) is 1.64. The lowest BCUT2D eigenvalue weighted by atomic mass is 10.2. The van der Waals surface area contributed by atoms with E-state index in [0.717, 1.165) is 0 Å². The van der Waals surface area contributed by atoms with Gasteiger partial charge in [-0.25, -0.2) is 9.82 Å². The fraction of sp³-hybridized carbons (Fsp3) is 1.00. The van der Waals surface area contributed by atoms with E-state index in [2.05, 4.69) is 9.20 Å². The van der Waals surface area contributed by atoms with Gasteiger partial charge in [-0.3, -0.25) is 4.52 Å². The standard InChI is InChI=1S/C5H13O5P/c1-5(2)3-4-9-11(7,8)10-6/h5-6H,3-4H2,1-2H3,(H,7,8). The van der Waals surface area contributed by atoms with E-state index in [9.17, 15) is 4.57 Å². The van der Waals surface area contributed by atoms with Crippen molar-refractivity contribution < 1.29 is 23.9 Å². The summed E-state index contributed by atoms with van der Waals surface area (Å²) in [5, 5.41) is 7.82. The first-order chi connectivity index (χ1) is 4.98. The Morgan fingerprint density at radius 2 is 2.09 bits per heavy atom. The molecule has 0 aliphatic rings. The molecule has 0 aromatic heterocycles. The molecule has 0 aromatic carbocycles. The molecule has 0 heterocycles. The molecule has 0 aliphatic heterocycles. The second-order valence-electron chi connectivity index (χ2n) is 2.57. The first-order valence-corrected chi connectivity index (χ1v) is 4.78. The maximum Gasteiger partial charge on any atom is 0.499 e. The van der Waals surface area contributed by atoms with Crippen LogP contribution in [-0.2, 0) is 13.8 Å². The van der Waals surface area contributed by atoms with E-state index >= 15 is 0 Å². The van der Waals surface area contributed by atoms with Crippen molar-refractivity contribution in [3.8, 4) is 0 Å². The molecule has 5 nitrogen and oxygen atoms in total. The van der Waals surface area contributed by atoms with Gasteiger partial charge in [0, 0.05) is 0 Å². The van der Waals surface area contributed by atoms with E-state index in [1.165, 1.54) is 0 Å². The van der Waals surface area contributed by atoms with Gasteiger partial charge in [-0.05, 0) is 12.3 Å². The Morgan fingerprint density at radius 1 is 1.55 bits per heavy atom. The molecule has 2 N–H and O–H groups in total. The van der Waals surface area contributed by atoms with E-state index in [1.54, 1.807) is 0 Å². The molecule has 0 bridgehead atoms. The van der Waals surface area contributed by atoms with Gasteiger partial charge in [0.15, 0.2) is 0 Å². The monoisotopic (exact) mass is 184 g/mol. The molecule has 0 radical (unpaired) electrons. The van der Waals surface area contributed by atoms with Gasteiger partial charge in [0.1, 0.15) is 0 Å². The number of hydrogen-bond donors (Lipinski definition) is 2. The summed E-state index contributed by atoms with van der Waals surface area (Å²) in [4.78, 5) is 8.50. The molecule has 0 aromatic rings. The Morgan fingerprint density at radius 3 is 2.45 bits per heavy atom. The molecule has 1 unspecified atom stereocenters. The van der Waals surface area contributed by atoms with Gasteiger partial charge in [0.05, 0.1) is 6.61 Å². The van der Waals surface area contributed by atoms with Crippen molar-refractivity contribution in [1.82, 2.24) is 0 Å². The first-order valence-electron chi connectivity index (χ1n) is 3.28. The maximum absolute atomic E-state index is 10.4. The van der Waals surface area contributed by atoms with Crippen LogP contribution in [0.25, 0.3) is 0 Å². The van der Waals surface area contributed by atoms with Gasteiger partial charge >= 0.3 is 7.82 Å². The molecule has 6 heteroatoms. The van der Waals surface area contributed by atoms with Gasteiger partial charge in [0.25, 0.3) is 0 Å². The summed E-state index contributed by atoms with van der Waals surface area (Å²) in [6.07, 6.45) is 0.647. The second kappa shape index (κ2) is 4.85. The van der Waals surface area contributed by atoms with Crippen molar-refractivity contribution in [2.75, 3.05) is 6.61 Å². The molecule has 1 atom stereocenters. The topological polar surface area (TPSA) is 76.0 Å². The number of phosphoric acid groups is 1. The fourth-order valence-electron chi connectivity index (χ4n) is 0.427. The highest BCUT2D eigenvalue weighted by Crippen LogP contribution is 2.41. The zero-order valence-corrected chi connectivity index (χ0v) is 7.45. The lowest BCUT2D eigenvalue weighted by Gasteiger charge is -2.08. The summed E-state index contributed by atoms with van der Waals surface area (Å²) in [5.41, 5.74) is 0. The van der Waals surface area contributed by atoms with Crippen molar-refractivity contribution in [1.29, 1.82) is 0 Å². The van der Waals surface area contributed by atoms with Crippen LogP contribution >= 0.6 is 7.82 Å². The minimum Gasteiger partial charge on any atom is -0.301 e. The van der Waals surface area contributed by atoms with Crippen molar-refractivity contribution >= 4 is 7.82 Å². The lowest BCUT2D eigenvalue weighted by molar-refractivity contribution is -0.162. The van der Waals surface area contributed by atoms with Crippen molar-refractivity contribution in [3.63, 3.8) is 0 Å². The van der Waals surface area contributed by atoms with Crippen molar-refractivity contribution in [2.45, 2.75) is 20.3 Å². The minimum atomic E-state index is -4.17. The summed E-state index contributed by atoms with van der Waals surface area (Å²) >= 11 is 0. The Kier molecular flexibility index (Phi) is 4.88. The number of hydrogen-bond acceptors (Lipinski definition) is 4. The van der Waals surface area contributed by atoms with Crippen molar-refractivity contribution in [2.24, 2.45) is 5.92 Å². The molecule has 0 aliphatic carbocycles. The fourth-order valence-corrected chi connectivity index (χ4v) is 0.811. The van der Waals surface area contributed by atoms with Crippen LogP contribution < -0.4 is 0 Å². The molecule has 68 valence electrons. The summed E-state index contributed by atoms with van der Waals surface area (Å²) in [6.45, 7) is 4.00. The molecular weight excluding hydrogens is 171 g/mol. The van der Waals surface area contributed by atoms with E-state index in [4.69, 9.17) is 10.2 Å². The van der Waals surface area contributed by atoms with Crippen LogP contribution in [0, 0.1) is 5.92 Å². The zero-order valence-electron chi connectivity index (χ0n) is 6.56. The lowest BCUT2D eigenvalue weighted by Crippen LogP contribution is -1.98. The predicted molar refractivity (Wildman–Crippen MR) is 38.9 cm³/mol. The van der Waals surface area contributed by atoms with Gasteiger partial charge < -0.3 is 4.89 Å².